The molecule has 0 saturated carbocycles. The number of nitrogen functional groups attached to an aromatic ring is 2. The number of carbonyl (C=O) groups is 2. The van der Waals surface area contributed by atoms with Gasteiger partial charge in [0.2, 0.25) is 0 Å². The molecule has 0 aliphatic carbocycles. The predicted octanol–water partition coefficient (Wildman–Crippen LogP) is 4.14. The maximum atomic E-state index is 10.3. The molecule has 0 amide bonds. The molecule has 0 radical (unpaired) electrons. The summed E-state index contributed by atoms with van der Waals surface area (Å²) in [4.78, 5) is 20.5. The Hall–Kier alpha value is -4.48. The van der Waals surface area contributed by atoms with Crippen molar-refractivity contribution in [3.63, 3.8) is 0 Å². The quantitative estimate of drug-likeness (QED) is 0.160. The van der Waals surface area contributed by atoms with Crippen LogP contribution in [0.3, 0.4) is 0 Å². The molecule has 196 valence electrons. The SMILES string of the molecule is Nc1ccc(C(=O)O)cc1.Nc1ccc(C(=O)O)cc1.c1cc[c]([Bi]([c]2ccccc2)[c]2ccccc2)cc1. The van der Waals surface area contributed by atoms with Crippen LogP contribution in [-0.2, 0) is 0 Å². The fraction of sp³-hybridized carbons (Fsp3) is 0. The van der Waals surface area contributed by atoms with E-state index in [0.29, 0.717) is 11.4 Å². The molecule has 0 atom stereocenters. The summed E-state index contributed by atoms with van der Waals surface area (Å²) in [6, 6.07) is 45.1. The molecule has 0 unspecified atom stereocenters. The third kappa shape index (κ3) is 9.40. The average Bonchev–Trinajstić information content (AvgIpc) is 2.96. The minimum absolute atomic E-state index is 0.259. The molecule has 0 fully saturated rings. The summed E-state index contributed by atoms with van der Waals surface area (Å²) in [5.41, 5.74) is 12.3. The first-order chi connectivity index (χ1) is 18.8. The van der Waals surface area contributed by atoms with Crippen molar-refractivity contribution in [1.29, 1.82) is 0 Å². The Morgan fingerprint density at radius 1 is 0.436 bits per heavy atom. The zero-order chi connectivity index (χ0) is 28.0. The van der Waals surface area contributed by atoms with Gasteiger partial charge in [0.1, 0.15) is 0 Å². The van der Waals surface area contributed by atoms with E-state index in [9.17, 15) is 9.59 Å². The summed E-state index contributed by atoms with van der Waals surface area (Å²) >= 11 is -2.06. The maximum absolute atomic E-state index is 10.3. The Bertz CT molecular complexity index is 1300. The van der Waals surface area contributed by atoms with E-state index in [1.54, 1.807) is 24.3 Å². The Morgan fingerprint density at radius 3 is 0.923 bits per heavy atom. The van der Waals surface area contributed by atoms with Crippen molar-refractivity contribution in [1.82, 2.24) is 0 Å². The van der Waals surface area contributed by atoms with Crippen LogP contribution in [0.2, 0.25) is 0 Å². The van der Waals surface area contributed by atoms with E-state index in [1.807, 2.05) is 0 Å². The van der Waals surface area contributed by atoms with Gasteiger partial charge in [0, 0.05) is 11.4 Å². The molecule has 0 bridgehead atoms. The Labute approximate surface area is 235 Å². The van der Waals surface area contributed by atoms with E-state index in [0.717, 1.165) is 0 Å². The number of hydrogen-bond acceptors (Lipinski definition) is 4. The summed E-state index contributed by atoms with van der Waals surface area (Å²) < 4.78 is 4.61. The first-order valence-electron chi connectivity index (χ1n) is 12.0. The second-order valence-corrected chi connectivity index (χ2v) is 16.8. The molecule has 5 rings (SSSR count). The minimum atomic E-state index is -2.06. The zero-order valence-corrected chi connectivity index (χ0v) is 24.6. The molecule has 6 N–H and O–H groups in total. The van der Waals surface area contributed by atoms with Gasteiger partial charge in [-0.2, -0.15) is 0 Å². The van der Waals surface area contributed by atoms with E-state index >= 15 is 0 Å². The van der Waals surface area contributed by atoms with Gasteiger partial charge in [0.25, 0.3) is 0 Å². The van der Waals surface area contributed by atoms with Crippen molar-refractivity contribution < 1.29 is 19.8 Å². The van der Waals surface area contributed by atoms with E-state index < -0.39 is 33.7 Å². The molecular formula is C32H29BiN2O4. The molecule has 7 heteroatoms. The van der Waals surface area contributed by atoms with Crippen LogP contribution in [0.15, 0.2) is 140 Å². The number of benzene rings is 5. The van der Waals surface area contributed by atoms with E-state index in [2.05, 4.69) is 91.0 Å². The molecule has 0 heterocycles. The summed E-state index contributed by atoms with van der Waals surface area (Å²) in [5, 5.41) is 16.9. The van der Waals surface area contributed by atoms with E-state index in [1.165, 1.54) is 34.1 Å². The van der Waals surface area contributed by atoms with Gasteiger partial charge in [-0.05, 0) is 48.5 Å². The van der Waals surface area contributed by atoms with Crippen LogP contribution in [0.25, 0.3) is 0 Å². The number of nitrogens with two attached hydrogens (primary N) is 2. The Kier molecular flexibility index (Phi) is 11.2. The molecule has 0 aliphatic heterocycles. The molecule has 0 spiro atoms. The molecular weight excluding hydrogens is 685 g/mol. The fourth-order valence-electron chi connectivity index (χ4n) is 3.43. The monoisotopic (exact) mass is 714 g/mol. The predicted molar refractivity (Wildman–Crippen MR) is 160 cm³/mol. The van der Waals surface area contributed by atoms with Crippen LogP contribution >= 0.6 is 0 Å². The number of rotatable bonds is 5. The molecule has 6 nitrogen and oxygen atoms in total. The van der Waals surface area contributed by atoms with Crippen LogP contribution in [0.1, 0.15) is 20.7 Å². The summed E-state index contributed by atoms with van der Waals surface area (Å²) in [7, 11) is 0. The number of carboxylic acid groups (broad SMARTS) is 2. The molecule has 0 saturated heterocycles. The third-order valence-electron chi connectivity index (χ3n) is 5.36. The van der Waals surface area contributed by atoms with Gasteiger partial charge >= 0.3 is 134 Å². The van der Waals surface area contributed by atoms with Gasteiger partial charge in [-0.3, -0.25) is 0 Å². The van der Waals surface area contributed by atoms with Crippen molar-refractivity contribution in [3.8, 4) is 0 Å². The number of aromatic carboxylic acids is 2. The third-order valence-corrected chi connectivity index (χ3v) is 14.9. The van der Waals surface area contributed by atoms with Gasteiger partial charge in [-0.1, -0.05) is 0 Å². The number of carboxylic acids is 2. The first kappa shape index (κ1) is 29.1. The van der Waals surface area contributed by atoms with E-state index in [-0.39, 0.29) is 11.1 Å². The van der Waals surface area contributed by atoms with Crippen molar-refractivity contribution in [2.75, 3.05) is 11.5 Å². The van der Waals surface area contributed by atoms with Crippen molar-refractivity contribution in [2.24, 2.45) is 0 Å². The van der Waals surface area contributed by atoms with Crippen LogP contribution in [-0.4, -0.2) is 43.9 Å². The van der Waals surface area contributed by atoms with Crippen LogP contribution in [0.4, 0.5) is 11.4 Å². The molecule has 39 heavy (non-hydrogen) atoms. The fourth-order valence-corrected chi connectivity index (χ4v) is 12.4. The zero-order valence-electron chi connectivity index (χ0n) is 21.1. The number of anilines is 2. The van der Waals surface area contributed by atoms with Crippen LogP contribution < -0.4 is 21.3 Å². The van der Waals surface area contributed by atoms with Gasteiger partial charge in [0.15, 0.2) is 0 Å². The first-order valence-corrected chi connectivity index (χ1v) is 17.2. The van der Waals surface area contributed by atoms with Crippen molar-refractivity contribution in [2.45, 2.75) is 0 Å². The van der Waals surface area contributed by atoms with Gasteiger partial charge in [0.05, 0.1) is 11.1 Å². The average molecular weight is 715 g/mol. The van der Waals surface area contributed by atoms with Crippen molar-refractivity contribution in [3.05, 3.63) is 151 Å². The standard InChI is InChI=1S/2C7H7NO2.3C6H5.Bi/c2*8-6-3-1-5(2-4-6)7(9)10;3*1-2-4-6-5-3-1;/h2*1-4H,8H2,(H,9,10);3*1-5H;. The van der Waals surface area contributed by atoms with Crippen molar-refractivity contribution >= 4 is 54.9 Å². The molecule has 5 aromatic rings. The van der Waals surface area contributed by atoms with Crippen LogP contribution in [0, 0.1) is 0 Å². The Balaban J connectivity index is 0.000000178. The topological polar surface area (TPSA) is 127 Å². The number of hydrogen-bond donors (Lipinski definition) is 4. The summed E-state index contributed by atoms with van der Waals surface area (Å²) in [6.07, 6.45) is 0. The van der Waals surface area contributed by atoms with Crippen LogP contribution in [0.5, 0.6) is 0 Å². The Morgan fingerprint density at radius 2 is 0.692 bits per heavy atom. The van der Waals surface area contributed by atoms with Gasteiger partial charge in [-0.15, -0.1) is 0 Å². The summed E-state index contributed by atoms with van der Waals surface area (Å²) in [5.74, 6) is -1.86. The normalized spacial score (nSPS) is 9.87. The van der Waals surface area contributed by atoms with E-state index in [4.69, 9.17) is 21.7 Å². The second kappa shape index (κ2) is 15.1. The summed E-state index contributed by atoms with van der Waals surface area (Å²) in [6.45, 7) is 0. The second-order valence-electron chi connectivity index (χ2n) is 8.20. The van der Waals surface area contributed by atoms with Gasteiger partial charge in [-0.25, -0.2) is 9.59 Å². The molecule has 0 aromatic heterocycles. The van der Waals surface area contributed by atoms with Gasteiger partial charge < -0.3 is 21.7 Å². The molecule has 5 aromatic carbocycles. The molecule has 0 aliphatic rings.